The number of aryl methyl sites for hydroxylation is 1. The van der Waals surface area contributed by atoms with Crippen molar-refractivity contribution in [3.63, 3.8) is 0 Å². The van der Waals surface area contributed by atoms with Crippen LogP contribution in [0.15, 0.2) is 66.9 Å². The predicted octanol–water partition coefficient (Wildman–Crippen LogP) is 4.56. The van der Waals surface area contributed by atoms with E-state index in [2.05, 4.69) is 66.4 Å². The van der Waals surface area contributed by atoms with Crippen LogP contribution in [0, 0.1) is 18.8 Å². The number of rotatable bonds is 9. The maximum atomic E-state index is 14.4. The van der Waals surface area contributed by atoms with Gasteiger partial charge in [0.05, 0.1) is 18.4 Å². The monoisotopic (exact) mass is 751 g/mol. The van der Waals surface area contributed by atoms with E-state index in [1.807, 2.05) is 12.2 Å². The van der Waals surface area contributed by atoms with Crippen molar-refractivity contribution in [1.82, 2.24) is 20.5 Å². The molecule has 8 N–H and O–H groups in total. The molecule has 4 atom stereocenters. The molecule has 1 spiro atoms. The van der Waals surface area contributed by atoms with E-state index in [-0.39, 0.29) is 18.5 Å². The minimum absolute atomic E-state index is 0.0143. The van der Waals surface area contributed by atoms with Gasteiger partial charge in [0.2, 0.25) is 17.7 Å². The minimum Gasteiger partial charge on any atom is -0.481 e. The molecule has 1 aliphatic carbocycles. The van der Waals surface area contributed by atoms with Crippen LogP contribution in [-0.4, -0.2) is 67.8 Å². The van der Waals surface area contributed by atoms with Gasteiger partial charge in [-0.15, -0.1) is 0 Å². The third-order valence-electron chi connectivity index (χ3n) is 10.2. The highest BCUT2D eigenvalue weighted by atomic mass is 31.8. The third-order valence-corrected chi connectivity index (χ3v) is 11.5. The molecule has 0 radical (unpaired) electrons. The van der Waals surface area contributed by atoms with E-state index < -0.39 is 60.5 Å². The molecule has 14 heteroatoms. The summed E-state index contributed by atoms with van der Waals surface area (Å²) in [4.78, 5) is 73.0. The van der Waals surface area contributed by atoms with Crippen molar-refractivity contribution in [2.75, 3.05) is 13.1 Å². The fraction of sp³-hybridized carbons (Fsp3) is 0.474. The lowest BCUT2D eigenvalue weighted by molar-refractivity contribution is -0.143. The number of nitrogens with one attached hydrogen (secondary N) is 3. The second-order valence-electron chi connectivity index (χ2n) is 14.6. The van der Waals surface area contributed by atoms with Crippen LogP contribution in [0.3, 0.4) is 0 Å². The average molecular weight is 752 g/mol. The molecule has 5 rings (SSSR count). The van der Waals surface area contributed by atoms with Gasteiger partial charge in [-0.25, -0.2) is 0 Å². The van der Waals surface area contributed by atoms with Gasteiger partial charge < -0.3 is 41.1 Å². The summed E-state index contributed by atoms with van der Waals surface area (Å²) in [6.07, 6.45) is 9.03. The van der Waals surface area contributed by atoms with E-state index in [4.69, 9.17) is 5.73 Å². The molecule has 1 aromatic heterocycles. The lowest BCUT2D eigenvalue weighted by Gasteiger charge is -2.39. The number of carbonyl (C=O) groups is 4. The summed E-state index contributed by atoms with van der Waals surface area (Å²) in [5, 5.41) is 20.7. The van der Waals surface area contributed by atoms with Crippen molar-refractivity contribution in [2.24, 2.45) is 17.6 Å². The number of carboxylic acids is 1. The fourth-order valence-corrected chi connectivity index (χ4v) is 8.91. The first kappa shape index (κ1) is 39.4. The molecule has 0 unspecified atom stereocenters. The van der Waals surface area contributed by atoms with Crippen LogP contribution in [-0.2, 0) is 31.9 Å². The number of carboxylic acid groups (broad SMARTS) is 1. The Balaban J connectivity index is 1.55. The second kappa shape index (κ2) is 17.4. The van der Waals surface area contributed by atoms with E-state index in [0.717, 1.165) is 17.3 Å². The molecule has 2 heterocycles. The van der Waals surface area contributed by atoms with Crippen molar-refractivity contribution in [3.8, 4) is 0 Å². The van der Waals surface area contributed by atoms with Crippen molar-refractivity contribution in [1.29, 1.82) is 0 Å². The zero-order valence-electron chi connectivity index (χ0n) is 29.6. The number of aromatic nitrogens is 1. The van der Waals surface area contributed by atoms with Crippen LogP contribution in [0.25, 0.3) is 10.9 Å². The lowest BCUT2D eigenvalue weighted by Crippen LogP contribution is -2.63. The first-order valence-electron chi connectivity index (χ1n) is 17.9. The number of primary amides is 1. The zero-order valence-corrected chi connectivity index (χ0v) is 31.5. The quantitative estimate of drug-likeness (QED) is 0.122. The highest BCUT2D eigenvalue weighted by Crippen LogP contribution is 2.45. The third kappa shape index (κ3) is 10.6. The number of hydrogen-bond acceptors (Lipinski definition) is 5. The summed E-state index contributed by atoms with van der Waals surface area (Å²) in [6, 6.07) is 14.9. The van der Waals surface area contributed by atoms with E-state index in [0.29, 0.717) is 62.9 Å². The van der Waals surface area contributed by atoms with Crippen LogP contribution in [0.2, 0.25) is 0 Å². The number of hydrogen-bond donors (Lipinski definition) is 7. The van der Waals surface area contributed by atoms with Crippen molar-refractivity contribution in [2.45, 2.75) is 88.5 Å². The summed E-state index contributed by atoms with van der Waals surface area (Å²) in [5.74, 6) is -4.36. The number of carbonyl (C=O) groups excluding carboxylic acids is 3. The van der Waals surface area contributed by atoms with Gasteiger partial charge in [0, 0.05) is 49.8 Å². The first-order chi connectivity index (χ1) is 24.7. The van der Waals surface area contributed by atoms with Gasteiger partial charge in [-0.3, -0.25) is 19.2 Å². The smallest absolute Gasteiger partial charge is 0.304 e. The molecule has 2 aliphatic rings. The van der Waals surface area contributed by atoms with Gasteiger partial charge in [0.25, 0.3) is 0 Å². The number of allylic oxidation sites excluding steroid dienone is 2. The van der Waals surface area contributed by atoms with Gasteiger partial charge >= 0.3 is 5.97 Å². The Morgan fingerprint density at radius 2 is 1.75 bits per heavy atom. The standard InChI is InChI=1S/C38H51N5O7P2/c1-25-8-13-33-29(18-25)14-17-43(33)23-27-6-5-7-31(28-11-9-26(10-12-28)24-52(49,50)51)32(20-35(45)46)36(47)42-38(15-3-2-4-16-38)37(48)41-30(19-34(39)44)22-40-21-27/h5,7-14,17-18,27,30-32,40,49-51H,2-4,6,15-16,19-24H2,1H3,(H2,39,44)(H,41,48)(H,42,47)(H,45,46)/b7-5+/t27-,30+,31-,32+/m1/s1. The van der Waals surface area contributed by atoms with Gasteiger partial charge in [-0.1, -0.05) is 75.8 Å². The first-order valence-corrected chi connectivity index (χ1v) is 21.2. The van der Waals surface area contributed by atoms with Crippen LogP contribution in [0.1, 0.15) is 74.0 Å². The Bertz CT molecular complexity index is 1830. The Kier molecular flexibility index (Phi) is 13.2. The molecule has 2 aromatic carbocycles. The van der Waals surface area contributed by atoms with Crippen LogP contribution in [0.4, 0.5) is 0 Å². The zero-order chi connectivity index (χ0) is 37.5. The van der Waals surface area contributed by atoms with Crippen LogP contribution in [0.5, 0.6) is 0 Å². The lowest BCUT2D eigenvalue weighted by atomic mass is 9.78. The van der Waals surface area contributed by atoms with Gasteiger partial charge in [-0.2, -0.15) is 0 Å². The molecule has 1 saturated carbocycles. The normalized spacial score (nSPS) is 24.0. The number of nitrogens with two attached hydrogens (primary N) is 1. The Morgan fingerprint density at radius 3 is 2.42 bits per heavy atom. The molecule has 1 aliphatic heterocycles. The molecule has 12 nitrogen and oxygen atoms in total. The molecule has 52 heavy (non-hydrogen) atoms. The number of fused-ring (bicyclic) bond motifs is 1. The summed E-state index contributed by atoms with van der Waals surface area (Å²) in [5.41, 5.74) is 7.96. The number of aliphatic carboxylic acids is 1. The van der Waals surface area contributed by atoms with E-state index >= 15 is 0 Å². The second-order valence-corrected chi connectivity index (χ2v) is 18.5. The molecule has 0 saturated heterocycles. The molecule has 280 valence electrons. The molecule has 3 aromatic rings. The fourth-order valence-electron chi connectivity index (χ4n) is 7.64. The summed E-state index contributed by atoms with van der Waals surface area (Å²) >= 11 is 0. The Hall–Kier alpha value is -3.79. The summed E-state index contributed by atoms with van der Waals surface area (Å²) in [7, 11) is -0.271. The predicted molar refractivity (Wildman–Crippen MR) is 205 cm³/mol. The van der Waals surface area contributed by atoms with E-state index in [9.17, 15) is 34.1 Å². The highest BCUT2D eigenvalue weighted by molar-refractivity contribution is 7.90. The SMILES string of the molecule is Cc1ccc2c(ccn2C[C@@H]2C/C=C/[C@H](c3ccc(CP(O)(O)=P)cc3)[C@H](CC(=O)O)C(=O)NC3(CCCCC3)C(=O)N[C@@H](CC(N)=O)CNC2)c1. The van der Waals surface area contributed by atoms with Crippen molar-refractivity contribution in [3.05, 3.63) is 83.6 Å². The Labute approximate surface area is 306 Å². The highest BCUT2D eigenvalue weighted by Gasteiger charge is 2.44. The van der Waals surface area contributed by atoms with Gasteiger partial charge in [0.1, 0.15) is 12.5 Å². The van der Waals surface area contributed by atoms with Gasteiger partial charge in [-0.05, 0) is 66.8 Å². The maximum absolute atomic E-state index is 14.4. The number of amides is 3. The molecule has 1 fully saturated rings. The average Bonchev–Trinajstić information content (AvgIpc) is 3.46. The van der Waals surface area contributed by atoms with Crippen molar-refractivity contribution < 1.29 is 34.1 Å². The molecular weight excluding hydrogens is 700 g/mol. The van der Waals surface area contributed by atoms with Crippen LogP contribution >= 0.6 is 15.5 Å². The van der Waals surface area contributed by atoms with Gasteiger partial charge in [0.15, 0.2) is 0 Å². The van der Waals surface area contributed by atoms with Crippen molar-refractivity contribution >= 4 is 50.1 Å². The molecule has 0 bridgehead atoms. The largest absolute Gasteiger partial charge is 0.481 e. The topological polar surface area (TPSA) is 196 Å². The summed E-state index contributed by atoms with van der Waals surface area (Å²) < 4.78 is 2.20. The Morgan fingerprint density at radius 1 is 1.02 bits per heavy atom. The van der Waals surface area contributed by atoms with E-state index in [1.54, 1.807) is 24.3 Å². The summed E-state index contributed by atoms with van der Waals surface area (Å²) in [6.45, 7) is 3.54. The minimum atomic E-state index is -3.28. The number of nitrogens with zero attached hydrogens (tertiary/aromatic N) is 1. The molecule has 3 amide bonds. The van der Waals surface area contributed by atoms with E-state index in [1.165, 1.54) is 5.56 Å². The molecular formula is C38H51N5O7P2. The maximum Gasteiger partial charge on any atom is 0.304 e. The van der Waals surface area contributed by atoms with Crippen LogP contribution < -0.4 is 21.7 Å². The number of benzene rings is 2.